The quantitative estimate of drug-likeness (QED) is 0.650. The molecule has 1 aromatic rings. The van der Waals surface area contributed by atoms with E-state index in [1.807, 2.05) is 13.8 Å². The molecular formula is C18H24O4. The third-order valence-electron chi connectivity index (χ3n) is 4.25. The van der Waals surface area contributed by atoms with Crippen LogP contribution in [-0.4, -0.2) is 23.3 Å². The highest BCUT2D eigenvalue weighted by Crippen LogP contribution is 2.44. The Bertz CT molecular complexity index is 602. The molecule has 2 N–H and O–H groups in total. The highest BCUT2D eigenvalue weighted by Gasteiger charge is 2.27. The van der Waals surface area contributed by atoms with Crippen LogP contribution in [0.2, 0.25) is 0 Å². The molecule has 0 unspecified atom stereocenters. The Balaban J connectivity index is 2.60. The fraction of sp³-hybridized carbons (Fsp3) is 0.500. The maximum Gasteiger partial charge on any atom is 0.341 e. The van der Waals surface area contributed by atoms with Crippen molar-refractivity contribution in [3.8, 4) is 11.5 Å². The van der Waals surface area contributed by atoms with Crippen molar-refractivity contribution < 1.29 is 19.7 Å². The van der Waals surface area contributed by atoms with Gasteiger partial charge in [0.05, 0.1) is 7.11 Å². The van der Waals surface area contributed by atoms with Gasteiger partial charge in [0.1, 0.15) is 17.1 Å². The van der Waals surface area contributed by atoms with Crippen molar-refractivity contribution in [2.24, 2.45) is 0 Å². The number of ether oxygens (including phenoxy) is 1. The van der Waals surface area contributed by atoms with Crippen LogP contribution in [0.4, 0.5) is 0 Å². The van der Waals surface area contributed by atoms with Crippen LogP contribution in [0.3, 0.4) is 0 Å². The van der Waals surface area contributed by atoms with Gasteiger partial charge in [-0.05, 0) is 44.2 Å². The Morgan fingerprint density at radius 2 is 2.14 bits per heavy atom. The molecule has 1 aromatic carbocycles. The van der Waals surface area contributed by atoms with E-state index in [0.29, 0.717) is 17.5 Å². The van der Waals surface area contributed by atoms with Crippen LogP contribution < -0.4 is 0 Å². The summed E-state index contributed by atoms with van der Waals surface area (Å²) in [7, 11) is 1.30. The number of hydrogen-bond donors (Lipinski definition) is 2. The number of aryl methyl sites for hydroxylation is 1. The Morgan fingerprint density at radius 1 is 1.41 bits per heavy atom. The number of phenolic OH excluding ortho intramolecular Hbond substituents is 2. The Morgan fingerprint density at radius 3 is 2.73 bits per heavy atom. The zero-order valence-corrected chi connectivity index (χ0v) is 13.5. The molecule has 2 rings (SSSR count). The summed E-state index contributed by atoms with van der Waals surface area (Å²) in [6, 6.07) is 1.60. The maximum absolute atomic E-state index is 12.1. The van der Waals surface area contributed by atoms with Gasteiger partial charge in [0.25, 0.3) is 0 Å². The SMILES string of the molecule is CCCc1cc(O)c([C@@H]2C=C(C)CCC2)c(O)c1C(=O)OC. The smallest absolute Gasteiger partial charge is 0.341 e. The summed E-state index contributed by atoms with van der Waals surface area (Å²) < 4.78 is 4.81. The zero-order valence-electron chi connectivity index (χ0n) is 13.5. The molecule has 0 spiro atoms. The first-order chi connectivity index (χ1) is 10.5. The first-order valence-corrected chi connectivity index (χ1v) is 7.82. The maximum atomic E-state index is 12.1. The molecule has 120 valence electrons. The minimum absolute atomic E-state index is 0.0598. The third kappa shape index (κ3) is 3.11. The van der Waals surface area contributed by atoms with Crippen LogP contribution in [0.5, 0.6) is 11.5 Å². The van der Waals surface area contributed by atoms with E-state index in [1.165, 1.54) is 12.7 Å². The van der Waals surface area contributed by atoms with Crippen LogP contribution in [0.15, 0.2) is 17.7 Å². The first kappa shape index (κ1) is 16.4. The van der Waals surface area contributed by atoms with Gasteiger partial charge in [-0.2, -0.15) is 0 Å². The number of hydrogen-bond acceptors (Lipinski definition) is 4. The molecule has 0 bridgehead atoms. The van der Waals surface area contributed by atoms with Gasteiger partial charge >= 0.3 is 5.97 Å². The van der Waals surface area contributed by atoms with Crippen molar-refractivity contribution in [2.75, 3.05) is 7.11 Å². The minimum Gasteiger partial charge on any atom is -0.507 e. The molecule has 22 heavy (non-hydrogen) atoms. The van der Waals surface area contributed by atoms with Crippen LogP contribution >= 0.6 is 0 Å². The lowest BCUT2D eigenvalue weighted by Crippen LogP contribution is -2.10. The van der Waals surface area contributed by atoms with Crippen molar-refractivity contribution in [1.82, 2.24) is 0 Å². The van der Waals surface area contributed by atoms with Crippen LogP contribution in [-0.2, 0) is 11.2 Å². The average molecular weight is 304 g/mol. The molecule has 4 nitrogen and oxygen atoms in total. The lowest BCUT2D eigenvalue weighted by atomic mass is 9.83. The van der Waals surface area contributed by atoms with Crippen LogP contribution in [0.1, 0.15) is 66.9 Å². The average Bonchev–Trinajstić information content (AvgIpc) is 2.47. The fourth-order valence-electron chi connectivity index (χ4n) is 3.22. The Labute approximate surface area is 131 Å². The number of phenols is 2. The predicted molar refractivity (Wildman–Crippen MR) is 85.5 cm³/mol. The van der Waals surface area contributed by atoms with Gasteiger partial charge in [-0.1, -0.05) is 25.0 Å². The van der Waals surface area contributed by atoms with Gasteiger partial charge in [-0.25, -0.2) is 4.79 Å². The van der Waals surface area contributed by atoms with Crippen molar-refractivity contribution >= 4 is 5.97 Å². The normalized spacial score (nSPS) is 18.0. The number of rotatable bonds is 4. The molecule has 0 saturated carbocycles. The van der Waals surface area contributed by atoms with Gasteiger partial charge in [0.15, 0.2) is 0 Å². The highest BCUT2D eigenvalue weighted by molar-refractivity contribution is 5.95. The van der Waals surface area contributed by atoms with E-state index in [2.05, 4.69) is 6.08 Å². The molecule has 1 aliphatic carbocycles. The molecule has 0 aliphatic heterocycles. The van der Waals surface area contributed by atoms with Gasteiger partial charge in [0.2, 0.25) is 0 Å². The minimum atomic E-state index is -0.557. The van der Waals surface area contributed by atoms with Gasteiger partial charge in [0, 0.05) is 11.5 Å². The van der Waals surface area contributed by atoms with Crippen molar-refractivity contribution in [3.63, 3.8) is 0 Å². The van der Waals surface area contributed by atoms with Gasteiger partial charge in [-0.3, -0.25) is 0 Å². The number of benzene rings is 1. The second kappa shape index (κ2) is 6.86. The Kier molecular flexibility index (Phi) is 5.11. The summed E-state index contributed by atoms with van der Waals surface area (Å²) >= 11 is 0. The molecule has 0 saturated heterocycles. The molecule has 1 atom stereocenters. The lowest BCUT2D eigenvalue weighted by Gasteiger charge is -2.23. The standard InChI is InChI=1S/C18H24O4/c1-4-6-12-10-14(19)15(13-8-5-7-11(2)9-13)17(20)16(12)18(21)22-3/h9-10,13,19-20H,4-8H2,1-3H3/t13-/m0/s1. The van der Waals surface area contributed by atoms with E-state index in [-0.39, 0.29) is 23.0 Å². The number of allylic oxidation sites excluding steroid dienone is 2. The monoisotopic (exact) mass is 304 g/mol. The molecule has 0 aromatic heterocycles. The van der Waals surface area contributed by atoms with Gasteiger partial charge in [-0.15, -0.1) is 0 Å². The van der Waals surface area contributed by atoms with Crippen molar-refractivity contribution in [2.45, 2.75) is 51.9 Å². The summed E-state index contributed by atoms with van der Waals surface area (Å²) in [5.74, 6) is -0.692. The number of methoxy groups -OCH3 is 1. The topological polar surface area (TPSA) is 66.8 Å². The summed E-state index contributed by atoms with van der Waals surface area (Å²) in [5.41, 5.74) is 2.50. The summed E-state index contributed by atoms with van der Waals surface area (Å²) in [4.78, 5) is 12.1. The van der Waals surface area contributed by atoms with E-state index in [1.54, 1.807) is 6.07 Å². The second-order valence-electron chi connectivity index (χ2n) is 5.95. The van der Waals surface area contributed by atoms with Gasteiger partial charge < -0.3 is 14.9 Å². The van der Waals surface area contributed by atoms with Crippen LogP contribution in [0, 0.1) is 0 Å². The summed E-state index contributed by atoms with van der Waals surface area (Å²) in [6.07, 6.45) is 6.38. The summed E-state index contributed by atoms with van der Waals surface area (Å²) in [6.45, 7) is 4.03. The first-order valence-electron chi connectivity index (χ1n) is 7.82. The lowest BCUT2D eigenvalue weighted by molar-refractivity contribution is 0.0596. The molecule has 1 aliphatic rings. The predicted octanol–water partition coefficient (Wildman–Crippen LogP) is 4.05. The van der Waals surface area contributed by atoms with E-state index >= 15 is 0 Å². The van der Waals surface area contributed by atoms with Crippen molar-refractivity contribution in [1.29, 1.82) is 0 Å². The van der Waals surface area contributed by atoms with Crippen LogP contribution in [0.25, 0.3) is 0 Å². The zero-order chi connectivity index (χ0) is 16.3. The van der Waals surface area contributed by atoms with E-state index < -0.39 is 5.97 Å². The second-order valence-corrected chi connectivity index (χ2v) is 5.95. The largest absolute Gasteiger partial charge is 0.507 e. The Hall–Kier alpha value is -1.97. The molecule has 0 fully saturated rings. The number of carbonyl (C=O) groups is 1. The van der Waals surface area contributed by atoms with E-state index in [4.69, 9.17) is 4.74 Å². The number of carbonyl (C=O) groups excluding carboxylic acids is 1. The number of esters is 1. The third-order valence-corrected chi connectivity index (χ3v) is 4.25. The molecule has 0 amide bonds. The molecule has 0 radical (unpaired) electrons. The molecular weight excluding hydrogens is 280 g/mol. The molecule has 4 heteroatoms. The van der Waals surface area contributed by atoms with E-state index in [0.717, 1.165) is 25.7 Å². The van der Waals surface area contributed by atoms with Crippen molar-refractivity contribution in [3.05, 3.63) is 34.4 Å². The molecule has 0 heterocycles. The van der Waals surface area contributed by atoms with E-state index in [9.17, 15) is 15.0 Å². The number of aromatic hydroxyl groups is 2. The fourth-order valence-corrected chi connectivity index (χ4v) is 3.22. The summed E-state index contributed by atoms with van der Waals surface area (Å²) in [5, 5.41) is 21.0. The highest BCUT2D eigenvalue weighted by atomic mass is 16.5.